The Labute approximate surface area is 152 Å². The predicted molar refractivity (Wildman–Crippen MR) is 94.5 cm³/mol. The van der Waals surface area contributed by atoms with Crippen LogP contribution in [-0.2, 0) is 4.74 Å². The Morgan fingerprint density at radius 1 is 0.960 bits per heavy atom. The molecule has 0 aliphatic carbocycles. The third kappa shape index (κ3) is 3.94. The summed E-state index contributed by atoms with van der Waals surface area (Å²) < 4.78 is 19.2. The van der Waals surface area contributed by atoms with E-state index < -0.39 is 0 Å². The number of aromatic nitrogens is 4. The molecule has 3 heterocycles. The molecule has 6 nitrogen and oxygen atoms in total. The molecule has 0 bridgehead atoms. The van der Waals surface area contributed by atoms with E-state index in [-0.39, 0.29) is 5.82 Å². The summed E-state index contributed by atoms with van der Waals surface area (Å²) in [6, 6.07) is 9.94. The van der Waals surface area contributed by atoms with E-state index in [1.165, 1.54) is 35.2 Å². The van der Waals surface area contributed by atoms with Crippen LogP contribution in [0.2, 0.25) is 0 Å². The number of hydrogen-bond acceptors (Lipinski definition) is 8. The van der Waals surface area contributed by atoms with Crippen molar-refractivity contribution in [3.05, 3.63) is 42.2 Å². The van der Waals surface area contributed by atoms with Gasteiger partial charge in [-0.15, -0.1) is 20.4 Å². The van der Waals surface area contributed by atoms with Crippen molar-refractivity contribution in [2.24, 2.45) is 0 Å². The number of nitrogens with zero attached hydrogens (tertiary/aromatic N) is 5. The Morgan fingerprint density at radius 3 is 2.48 bits per heavy atom. The van der Waals surface area contributed by atoms with Crippen molar-refractivity contribution in [3.63, 3.8) is 0 Å². The molecule has 4 rings (SSSR count). The third-order valence-corrected chi connectivity index (χ3v) is 5.61. The fourth-order valence-electron chi connectivity index (χ4n) is 2.36. The molecule has 0 saturated carbocycles. The summed E-state index contributed by atoms with van der Waals surface area (Å²) in [4.78, 5) is 2.18. The lowest BCUT2D eigenvalue weighted by Gasteiger charge is -2.25. The van der Waals surface area contributed by atoms with Gasteiger partial charge in [0.2, 0.25) is 5.13 Å². The van der Waals surface area contributed by atoms with Crippen molar-refractivity contribution in [1.82, 2.24) is 20.4 Å². The minimum absolute atomic E-state index is 0.267. The molecule has 1 aliphatic rings. The Morgan fingerprint density at radius 2 is 1.76 bits per heavy atom. The molecule has 1 aromatic carbocycles. The lowest BCUT2D eigenvalue weighted by atomic mass is 10.1. The lowest BCUT2D eigenvalue weighted by molar-refractivity contribution is 0.122. The number of hydrogen-bond donors (Lipinski definition) is 0. The normalized spacial score (nSPS) is 14.7. The van der Waals surface area contributed by atoms with Gasteiger partial charge in [0, 0.05) is 18.7 Å². The summed E-state index contributed by atoms with van der Waals surface area (Å²) in [5, 5.41) is 18.5. The van der Waals surface area contributed by atoms with Crippen LogP contribution >= 0.6 is 23.1 Å². The van der Waals surface area contributed by atoms with Crippen LogP contribution < -0.4 is 4.90 Å². The molecule has 0 unspecified atom stereocenters. The van der Waals surface area contributed by atoms with Crippen molar-refractivity contribution >= 4 is 28.2 Å². The van der Waals surface area contributed by atoms with Crippen molar-refractivity contribution in [1.29, 1.82) is 0 Å². The standard InChI is InChI=1S/C16H14FN5OS2/c17-12-3-1-11(2-4-12)13-5-6-14(19-18-13)24-16-21-20-15(25-16)22-7-9-23-10-8-22/h1-6H,7-10H2. The quantitative estimate of drug-likeness (QED) is 0.694. The molecule has 128 valence electrons. The van der Waals surface area contributed by atoms with Crippen LogP contribution in [0.25, 0.3) is 11.3 Å². The molecule has 0 N–H and O–H groups in total. The fraction of sp³-hybridized carbons (Fsp3) is 0.250. The van der Waals surface area contributed by atoms with Gasteiger partial charge in [0.15, 0.2) is 4.34 Å². The van der Waals surface area contributed by atoms with Gasteiger partial charge < -0.3 is 9.64 Å². The first-order valence-corrected chi connectivity index (χ1v) is 9.35. The van der Waals surface area contributed by atoms with Crippen LogP contribution in [0, 0.1) is 5.82 Å². The van der Waals surface area contributed by atoms with E-state index in [4.69, 9.17) is 4.74 Å². The van der Waals surface area contributed by atoms with E-state index in [1.807, 2.05) is 12.1 Å². The summed E-state index contributed by atoms with van der Waals surface area (Å²) in [6.45, 7) is 3.12. The minimum atomic E-state index is -0.267. The van der Waals surface area contributed by atoms with E-state index in [2.05, 4.69) is 25.3 Å². The van der Waals surface area contributed by atoms with Crippen LogP contribution in [0.3, 0.4) is 0 Å². The SMILES string of the molecule is Fc1ccc(-c2ccc(Sc3nnc(N4CCOCC4)s3)nn2)cc1. The topological polar surface area (TPSA) is 64.0 Å². The maximum atomic E-state index is 13.0. The molecule has 1 fully saturated rings. The summed E-state index contributed by atoms with van der Waals surface area (Å²) in [5.41, 5.74) is 1.53. The van der Waals surface area contributed by atoms with E-state index in [1.54, 1.807) is 12.1 Å². The van der Waals surface area contributed by atoms with Crippen LogP contribution in [0.4, 0.5) is 9.52 Å². The number of ether oxygens (including phenoxy) is 1. The van der Waals surface area contributed by atoms with Gasteiger partial charge in [0.25, 0.3) is 0 Å². The van der Waals surface area contributed by atoms with Gasteiger partial charge in [-0.25, -0.2) is 4.39 Å². The van der Waals surface area contributed by atoms with Crippen LogP contribution in [0.15, 0.2) is 45.8 Å². The monoisotopic (exact) mass is 375 g/mol. The summed E-state index contributed by atoms with van der Waals surface area (Å²) in [7, 11) is 0. The maximum Gasteiger partial charge on any atom is 0.209 e. The molecule has 25 heavy (non-hydrogen) atoms. The van der Waals surface area contributed by atoms with Gasteiger partial charge in [-0.05, 0) is 48.2 Å². The summed E-state index contributed by atoms with van der Waals surface area (Å²) in [6.07, 6.45) is 0. The Bertz CT molecular complexity index is 834. The molecule has 0 radical (unpaired) electrons. The average molecular weight is 375 g/mol. The zero-order chi connectivity index (χ0) is 17.1. The van der Waals surface area contributed by atoms with Crippen LogP contribution in [-0.4, -0.2) is 46.7 Å². The third-order valence-electron chi connectivity index (χ3n) is 3.65. The summed E-state index contributed by atoms with van der Waals surface area (Å²) >= 11 is 2.97. The Kier molecular flexibility index (Phi) is 4.86. The molecule has 3 aromatic rings. The highest BCUT2D eigenvalue weighted by Crippen LogP contribution is 2.32. The second kappa shape index (κ2) is 7.42. The first-order valence-electron chi connectivity index (χ1n) is 7.72. The Balaban J connectivity index is 1.44. The van der Waals surface area contributed by atoms with Gasteiger partial charge in [0.1, 0.15) is 10.8 Å². The molecule has 2 aromatic heterocycles. The molecule has 0 atom stereocenters. The molecule has 0 amide bonds. The summed E-state index contributed by atoms with van der Waals surface area (Å²) in [5.74, 6) is -0.267. The molecule has 1 saturated heterocycles. The van der Waals surface area contributed by atoms with Gasteiger partial charge in [0.05, 0.1) is 18.9 Å². The molecule has 9 heteroatoms. The fourth-order valence-corrected chi connectivity index (χ4v) is 4.12. The number of halogens is 1. The lowest BCUT2D eigenvalue weighted by Crippen LogP contribution is -2.36. The van der Waals surface area contributed by atoms with Gasteiger partial charge in [-0.2, -0.15) is 0 Å². The number of benzene rings is 1. The highest BCUT2D eigenvalue weighted by molar-refractivity contribution is 8.01. The average Bonchev–Trinajstić information content (AvgIpc) is 3.12. The number of morpholine rings is 1. The number of anilines is 1. The van der Waals surface area contributed by atoms with Crippen molar-refractivity contribution in [3.8, 4) is 11.3 Å². The van der Waals surface area contributed by atoms with Gasteiger partial charge >= 0.3 is 0 Å². The highest BCUT2D eigenvalue weighted by Gasteiger charge is 2.16. The molecular formula is C16H14FN5OS2. The molecule has 1 aliphatic heterocycles. The largest absolute Gasteiger partial charge is 0.378 e. The van der Waals surface area contributed by atoms with Gasteiger partial charge in [-0.3, -0.25) is 0 Å². The zero-order valence-corrected chi connectivity index (χ0v) is 14.8. The van der Waals surface area contributed by atoms with Crippen molar-refractivity contribution < 1.29 is 9.13 Å². The second-order valence-electron chi connectivity index (χ2n) is 5.32. The van der Waals surface area contributed by atoms with E-state index >= 15 is 0 Å². The number of rotatable bonds is 4. The smallest absolute Gasteiger partial charge is 0.209 e. The molecule has 0 spiro atoms. The van der Waals surface area contributed by atoms with E-state index in [9.17, 15) is 4.39 Å². The Hall–Kier alpha value is -2.10. The van der Waals surface area contributed by atoms with Crippen molar-refractivity contribution in [2.45, 2.75) is 9.37 Å². The highest BCUT2D eigenvalue weighted by atomic mass is 32.2. The van der Waals surface area contributed by atoms with Gasteiger partial charge in [-0.1, -0.05) is 11.3 Å². The first-order chi connectivity index (χ1) is 12.3. The minimum Gasteiger partial charge on any atom is -0.378 e. The maximum absolute atomic E-state index is 13.0. The predicted octanol–water partition coefficient (Wildman–Crippen LogP) is 3.12. The van der Waals surface area contributed by atoms with Crippen molar-refractivity contribution in [2.75, 3.05) is 31.2 Å². The van der Waals surface area contributed by atoms with Crippen LogP contribution in [0.5, 0.6) is 0 Å². The zero-order valence-electron chi connectivity index (χ0n) is 13.1. The van der Waals surface area contributed by atoms with Crippen LogP contribution in [0.1, 0.15) is 0 Å². The molecular weight excluding hydrogens is 361 g/mol. The van der Waals surface area contributed by atoms with E-state index in [0.29, 0.717) is 5.69 Å². The first kappa shape index (κ1) is 16.4. The second-order valence-corrected chi connectivity index (χ2v) is 7.54. The van der Waals surface area contributed by atoms with E-state index in [0.717, 1.165) is 46.4 Å².